The van der Waals surface area contributed by atoms with Gasteiger partial charge in [0, 0.05) is 29.7 Å². The number of phenols is 2. The highest BCUT2D eigenvalue weighted by molar-refractivity contribution is 5.91. The van der Waals surface area contributed by atoms with Crippen LogP contribution in [0.1, 0.15) is 19.4 Å². The van der Waals surface area contributed by atoms with Gasteiger partial charge in [0.15, 0.2) is 0 Å². The first-order chi connectivity index (χ1) is 13.2. The Hall–Kier alpha value is -3.19. The highest BCUT2D eigenvalue weighted by Gasteiger charge is 2.37. The van der Waals surface area contributed by atoms with Crippen molar-refractivity contribution in [1.82, 2.24) is 0 Å². The van der Waals surface area contributed by atoms with Crippen LogP contribution in [0.5, 0.6) is 23.0 Å². The second kappa shape index (κ2) is 6.17. The summed E-state index contributed by atoms with van der Waals surface area (Å²) in [6, 6.07) is 7.17. The second-order valence-electron chi connectivity index (χ2n) is 7.41. The molecule has 1 aliphatic heterocycles. The van der Waals surface area contributed by atoms with Crippen LogP contribution < -0.4 is 15.1 Å². The molecule has 2 heterocycles. The molecule has 0 bridgehead atoms. The summed E-state index contributed by atoms with van der Waals surface area (Å²) in [6.07, 6.45) is -0.0165. The summed E-state index contributed by atoms with van der Waals surface area (Å²) in [5.74, 6) is 0.635. The maximum atomic E-state index is 12.5. The maximum absolute atomic E-state index is 12.5. The zero-order valence-corrected chi connectivity index (χ0v) is 15.6. The first kappa shape index (κ1) is 18.2. The monoisotopic (exact) mass is 384 g/mol. The number of aromatic hydroxyl groups is 2. The Labute approximate surface area is 160 Å². The Morgan fingerprint density at radius 3 is 2.54 bits per heavy atom. The van der Waals surface area contributed by atoms with E-state index in [1.807, 2.05) is 0 Å². The fraction of sp³-hybridized carbons (Fsp3) is 0.286. The highest BCUT2D eigenvalue weighted by Crippen LogP contribution is 2.44. The van der Waals surface area contributed by atoms with Crippen molar-refractivity contribution in [3.8, 4) is 34.1 Å². The minimum absolute atomic E-state index is 0.114. The number of fused-ring (bicyclic) bond motifs is 2. The van der Waals surface area contributed by atoms with Gasteiger partial charge in [-0.3, -0.25) is 0 Å². The van der Waals surface area contributed by atoms with E-state index in [1.165, 1.54) is 19.2 Å². The number of aliphatic hydroxyl groups is 1. The number of hydrogen-bond donors (Lipinski definition) is 3. The molecule has 7 heteroatoms. The van der Waals surface area contributed by atoms with Crippen LogP contribution in [0.15, 0.2) is 39.5 Å². The van der Waals surface area contributed by atoms with Gasteiger partial charge in [0.25, 0.3) is 0 Å². The van der Waals surface area contributed by atoms with E-state index < -0.39 is 17.3 Å². The third-order valence-electron chi connectivity index (χ3n) is 4.98. The molecule has 0 fully saturated rings. The molecule has 3 N–H and O–H groups in total. The van der Waals surface area contributed by atoms with Gasteiger partial charge in [0.1, 0.15) is 34.7 Å². The van der Waals surface area contributed by atoms with E-state index in [9.17, 15) is 20.1 Å². The molecule has 1 unspecified atom stereocenters. The summed E-state index contributed by atoms with van der Waals surface area (Å²) >= 11 is 0. The van der Waals surface area contributed by atoms with E-state index in [2.05, 4.69) is 0 Å². The zero-order valence-electron chi connectivity index (χ0n) is 15.6. The Morgan fingerprint density at radius 1 is 1.14 bits per heavy atom. The SMILES string of the molecule is COc1c2c(cc3oc(=O)c(-c4ccc(O)cc4O)cc13)OC(C(C)(C)O)C2. The predicted octanol–water partition coefficient (Wildman–Crippen LogP) is 2.95. The molecule has 0 amide bonds. The van der Waals surface area contributed by atoms with E-state index in [0.717, 1.165) is 11.6 Å². The van der Waals surface area contributed by atoms with Crippen LogP contribution in [0.25, 0.3) is 22.1 Å². The number of phenolic OH excluding ortho intramolecular Hbond substituents is 2. The van der Waals surface area contributed by atoms with Crippen molar-refractivity contribution in [2.45, 2.75) is 32.0 Å². The fourth-order valence-electron chi connectivity index (χ4n) is 3.49. The zero-order chi connectivity index (χ0) is 20.2. The average Bonchev–Trinajstić information content (AvgIpc) is 3.03. The van der Waals surface area contributed by atoms with E-state index in [1.54, 1.807) is 26.0 Å². The van der Waals surface area contributed by atoms with Gasteiger partial charge in [-0.2, -0.15) is 0 Å². The smallest absolute Gasteiger partial charge is 0.344 e. The molecule has 2 aromatic carbocycles. The maximum Gasteiger partial charge on any atom is 0.344 e. The molecule has 0 radical (unpaired) electrons. The molecule has 0 saturated heterocycles. The van der Waals surface area contributed by atoms with Gasteiger partial charge in [-0.25, -0.2) is 4.79 Å². The van der Waals surface area contributed by atoms with Crippen LogP contribution in [0.3, 0.4) is 0 Å². The molecule has 1 aromatic heterocycles. The van der Waals surface area contributed by atoms with Gasteiger partial charge >= 0.3 is 5.63 Å². The third kappa shape index (κ3) is 2.84. The van der Waals surface area contributed by atoms with Crippen LogP contribution in [0.2, 0.25) is 0 Å². The third-order valence-corrected chi connectivity index (χ3v) is 4.98. The van der Waals surface area contributed by atoms with Crippen molar-refractivity contribution < 1.29 is 29.2 Å². The minimum Gasteiger partial charge on any atom is -0.508 e. The van der Waals surface area contributed by atoms with Crippen molar-refractivity contribution in [2.24, 2.45) is 0 Å². The molecule has 0 saturated carbocycles. The van der Waals surface area contributed by atoms with Crippen LogP contribution in [-0.2, 0) is 6.42 Å². The highest BCUT2D eigenvalue weighted by atomic mass is 16.5. The second-order valence-corrected chi connectivity index (χ2v) is 7.41. The normalized spacial score (nSPS) is 16.1. The fourth-order valence-corrected chi connectivity index (χ4v) is 3.49. The summed E-state index contributed by atoms with van der Waals surface area (Å²) < 4.78 is 16.9. The van der Waals surface area contributed by atoms with E-state index >= 15 is 0 Å². The topological polar surface area (TPSA) is 109 Å². The van der Waals surface area contributed by atoms with E-state index in [4.69, 9.17) is 13.9 Å². The van der Waals surface area contributed by atoms with Crippen LogP contribution >= 0.6 is 0 Å². The Morgan fingerprint density at radius 2 is 1.89 bits per heavy atom. The standard InChI is InChI=1S/C21H20O7/c1-21(2,25)18-8-14-16(27-18)9-17-13(19(14)26-3)7-12(20(24)28-17)11-5-4-10(22)6-15(11)23/h4-7,9,18,22-23,25H,8H2,1-3H3. The van der Waals surface area contributed by atoms with Crippen LogP contribution in [-0.4, -0.2) is 34.1 Å². The average molecular weight is 384 g/mol. The van der Waals surface area contributed by atoms with Gasteiger partial charge in [-0.15, -0.1) is 0 Å². The molecule has 7 nitrogen and oxygen atoms in total. The largest absolute Gasteiger partial charge is 0.508 e. The molecule has 0 spiro atoms. The molecular weight excluding hydrogens is 364 g/mol. The van der Waals surface area contributed by atoms with Gasteiger partial charge in [0.2, 0.25) is 0 Å². The van der Waals surface area contributed by atoms with Crippen molar-refractivity contribution in [3.05, 3.63) is 46.3 Å². The van der Waals surface area contributed by atoms with Crippen LogP contribution in [0.4, 0.5) is 0 Å². The predicted molar refractivity (Wildman–Crippen MR) is 102 cm³/mol. The minimum atomic E-state index is -1.06. The van der Waals surface area contributed by atoms with Gasteiger partial charge in [0.05, 0.1) is 23.7 Å². The molecule has 28 heavy (non-hydrogen) atoms. The molecule has 3 aromatic rings. The molecule has 4 rings (SSSR count). The van der Waals surface area contributed by atoms with Gasteiger partial charge < -0.3 is 29.2 Å². The lowest BCUT2D eigenvalue weighted by Crippen LogP contribution is -2.39. The first-order valence-electron chi connectivity index (χ1n) is 8.78. The lowest BCUT2D eigenvalue weighted by atomic mass is 9.95. The molecule has 1 aliphatic rings. The summed E-state index contributed by atoms with van der Waals surface area (Å²) in [6.45, 7) is 3.34. The molecule has 146 valence electrons. The molecule has 1 atom stereocenters. The Balaban J connectivity index is 1.94. The summed E-state index contributed by atoms with van der Waals surface area (Å²) in [7, 11) is 1.51. The Bertz CT molecular complexity index is 1140. The van der Waals surface area contributed by atoms with Gasteiger partial charge in [-0.05, 0) is 32.0 Å². The van der Waals surface area contributed by atoms with Crippen molar-refractivity contribution in [3.63, 3.8) is 0 Å². The van der Waals surface area contributed by atoms with Crippen LogP contribution in [0, 0.1) is 0 Å². The Kier molecular flexibility index (Phi) is 4.01. The molecule has 0 aliphatic carbocycles. The van der Waals surface area contributed by atoms with E-state index in [-0.39, 0.29) is 28.2 Å². The summed E-state index contributed by atoms with van der Waals surface area (Å²) in [5.41, 5.74) is -0.272. The summed E-state index contributed by atoms with van der Waals surface area (Å²) in [4.78, 5) is 12.5. The van der Waals surface area contributed by atoms with Crippen molar-refractivity contribution in [2.75, 3.05) is 7.11 Å². The van der Waals surface area contributed by atoms with E-state index in [0.29, 0.717) is 23.3 Å². The van der Waals surface area contributed by atoms with Crippen molar-refractivity contribution in [1.29, 1.82) is 0 Å². The van der Waals surface area contributed by atoms with Gasteiger partial charge in [-0.1, -0.05) is 0 Å². The first-order valence-corrected chi connectivity index (χ1v) is 8.78. The lowest BCUT2D eigenvalue weighted by Gasteiger charge is -2.24. The van der Waals surface area contributed by atoms with Crippen molar-refractivity contribution >= 4 is 11.0 Å². The number of hydrogen-bond acceptors (Lipinski definition) is 7. The quantitative estimate of drug-likeness (QED) is 0.596. The number of ether oxygens (including phenoxy) is 2. The number of rotatable bonds is 3. The number of benzene rings is 2. The number of methoxy groups -OCH3 is 1. The lowest BCUT2D eigenvalue weighted by molar-refractivity contribution is -0.0229. The molecular formula is C21H20O7. The summed E-state index contributed by atoms with van der Waals surface area (Å²) in [5, 5.41) is 30.5.